The minimum atomic E-state index is -0.342. The van der Waals surface area contributed by atoms with Gasteiger partial charge in [0.2, 0.25) is 0 Å². The van der Waals surface area contributed by atoms with Crippen LogP contribution in [0.4, 0.5) is 5.69 Å². The molecule has 152 valence electrons. The minimum Gasteiger partial charge on any atom is -0.381 e. The molecule has 29 heavy (non-hydrogen) atoms. The molecule has 0 amide bonds. The van der Waals surface area contributed by atoms with Crippen LogP contribution < -0.4 is 10.9 Å². The van der Waals surface area contributed by atoms with Gasteiger partial charge < -0.3 is 14.6 Å². The number of nitrogens with one attached hydrogen (secondary N) is 1. The van der Waals surface area contributed by atoms with Gasteiger partial charge in [-0.05, 0) is 44.7 Å². The SMILES string of the molecule is C=CC(=O)C1CCC(Nc2c(C#N)c(=O)n(CCOCC)c3cnccc23)CC1. The van der Waals surface area contributed by atoms with E-state index in [1.165, 1.54) is 6.08 Å². The molecule has 2 aromatic rings. The van der Waals surface area contributed by atoms with E-state index in [1.54, 1.807) is 17.0 Å². The Balaban J connectivity index is 1.93. The lowest BCUT2D eigenvalue weighted by molar-refractivity contribution is -0.119. The van der Waals surface area contributed by atoms with Gasteiger partial charge in [-0.3, -0.25) is 14.6 Å². The highest BCUT2D eigenvalue weighted by atomic mass is 16.5. The third kappa shape index (κ3) is 4.38. The zero-order valence-corrected chi connectivity index (χ0v) is 16.7. The number of ketones is 1. The number of rotatable bonds is 8. The lowest BCUT2D eigenvalue weighted by Gasteiger charge is -2.29. The molecule has 3 rings (SSSR count). The Hall–Kier alpha value is -2.98. The molecule has 2 aromatic heterocycles. The monoisotopic (exact) mass is 394 g/mol. The third-order valence-corrected chi connectivity index (χ3v) is 5.52. The van der Waals surface area contributed by atoms with Crippen LogP contribution >= 0.6 is 0 Å². The first-order valence-electron chi connectivity index (χ1n) is 10.0. The number of fused-ring (bicyclic) bond motifs is 1. The van der Waals surface area contributed by atoms with Crippen LogP contribution in [0.15, 0.2) is 35.9 Å². The Morgan fingerprint density at radius 2 is 2.21 bits per heavy atom. The summed E-state index contributed by atoms with van der Waals surface area (Å²) in [6, 6.07) is 4.01. The first-order valence-corrected chi connectivity index (χ1v) is 10.0. The van der Waals surface area contributed by atoms with Gasteiger partial charge in [0.05, 0.1) is 24.0 Å². The maximum atomic E-state index is 13.0. The van der Waals surface area contributed by atoms with Crippen LogP contribution in [0.2, 0.25) is 0 Å². The molecule has 7 nitrogen and oxygen atoms in total. The summed E-state index contributed by atoms with van der Waals surface area (Å²) < 4.78 is 6.95. The van der Waals surface area contributed by atoms with E-state index in [9.17, 15) is 14.9 Å². The summed E-state index contributed by atoms with van der Waals surface area (Å²) in [7, 11) is 0. The number of anilines is 1. The van der Waals surface area contributed by atoms with E-state index in [-0.39, 0.29) is 28.9 Å². The number of nitrogens with zero attached hydrogens (tertiary/aromatic N) is 3. The summed E-state index contributed by atoms with van der Waals surface area (Å²) in [5.41, 5.74) is 0.991. The molecule has 0 saturated heterocycles. The van der Waals surface area contributed by atoms with Gasteiger partial charge in [0.15, 0.2) is 5.78 Å². The van der Waals surface area contributed by atoms with Crippen LogP contribution in [0.1, 0.15) is 38.2 Å². The number of aromatic nitrogens is 2. The summed E-state index contributed by atoms with van der Waals surface area (Å²) in [5, 5.41) is 13.9. The highest BCUT2D eigenvalue weighted by Crippen LogP contribution is 2.31. The van der Waals surface area contributed by atoms with Gasteiger partial charge in [-0.2, -0.15) is 5.26 Å². The lowest BCUT2D eigenvalue weighted by atomic mass is 9.83. The van der Waals surface area contributed by atoms with Crippen molar-refractivity contribution in [3.8, 4) is 6.07 Å². The summed E-state index contributed by atoms with van der Waals surface area (Å²) in [5.74, 6) is 0.114. The molecule has 1 aliphatic rings. The van der Waals surface area contributed by atoms with Crippen molar-refractivity contribution >= 4 is 22.4 Å². The second kappa shape index (κ2) is 9.48. The van der Waals surface area contributed by atoms with Crippen LogP contribution in [0.3, 0.4) is 0 Å². The molecule has 0 bridgehead atoms. The summed E-state index contributed by atoms with van der Waals surface area (Å²) in [6.07, 6.45) is 7.85. The van der Waals surface area contributed by atoms with Crippen molar-refractivity contribution in [2.75, 3.05) is 18.5 Å². The zero-order valence-electron chi connectivity index (χ0n) is 16.7. The standard InChI is InChI=1S/C22H26N4O3/c1-3-20(27)15-5-7-16(8-6-15)25-21-17-9-10-24-14-19(17)26(11-12-29-4-2)22(28)18(21)13-23/h3,9-10,14-16,25H,1,4-8,11-12H2,2H3. The number of carbonyl (C=O) groups excluding carboxylic acids is 1. The van der Waals surface area contributed by atoms with Gasteiger partial charge in [-0.15, -0.1) is 0 Å². The lowest BCUT2D eigenvalue weighted by Crippen LogP contribution is -2.31. The van der Waals surface area contributed by atoms with Crippen molar-refractivity contribution < 1.29 is 9.53 Å². The normalized spacial score (nSPS) is 18.9. The molecule has 0 atom stereocenters. The van der Waals surface area contributed by atoms with Crippen molar-refractivity contribution in [3.05, 3.63) is 47.0 Å². The van der Waals surface area contributed by atoms with E-state index in [2.05, 4.69) is 22.9 Å². The highest BCUT2D eigenvalue weighted by Gasteiger charge is 2.26. The quantitative estimate of drug-likeness (QED) is 0.546. The zero-order chi connectivity index (χ0) is 20.8. The molecule has 0 spiro atoms. The van der Waals surface area contributed by atoms with Gasteiger partial charge in [-0.25, -0.2) is 0 Å². The van der Waals surface area contributed by atoms with Crippen molar-refractivity contribution in [2.45, 2.75) is 45.2 Å². The fraction of sp³-hybridized carbons (Fsp3) is 0.455. The second-order valence-electron chi connectivity index (χ2n) is 7.21. The van der Waals surface area contributed by atoms with Crippen LogP contribution in [-0.4, -0.2) is 34.6 Å². The predicted octanol–water partition coefficient (Wildman–Crippen LogP) is 3.03. The van der Waals surface area contributed by atoms with Crippen molar-refractivity contribution in [1.82, 2.24) is 9.55 Å². The van der Waals surface area contributed by atoms with Crippen molar-refractivity contribution in [3.63, 3.8) is 0 Å². The number of carbonyl (C=O) groups is 1. The van der Waals surface area contributed by atoms with E-state index in [0.717, 1.165) is 31.1 Å². The number of pyridine rings is 2. The molecule has 0 unspecified atom stereocenters. The first kappa shape index (κ1) is 20.7. The van der Waals surface area contributed by atoms with Gasteiger partial charge in [0.25, 0.3) is 5.56 Å². The van der Waals surface area contributed by atoms with Crippen LogP contribution in [-0.2, 0) is 16.1 Å². The van der Waals surface area contributed by atoms with E-state index < -0.39 is 0 Å². The largest absolute Gasteiger partial charge is 0.381 e. The van der Waals surface area contributed by atoms with E-state index in [4.69, 9.17) is 4.74 Å². The molecule has 2 heterocycles. The van der Waals surface area contributed by atoms with Crippen LogP contribution in [0.25, 0.3) is 10.9 Å². The van der Waals surface area contributed by atoms with Crippen molar-refractivity contribution in [2.24, 2.45) is 5.92 Å². The number of ether oxygens (including phenoxy) is 1. The van der Waals surface area contributed by atoms with E-state index >= 15 is 0 Å². The molecule has 1 fully saturated rings. The van der Waals surface area contributed by atoms with E-state index in [0.29, 0.717) is 31.0 Å². The molecule has 0 aromatic carbocycles. The molecule has 7 heteroatoms. The summed E-state index contributed by atoms with van der Waals surface area (Å²) in [6.45, 7) is 6.78. The minimum absolute atomic E-state index is 0.0218. The molecular formula is C22H26N4O3. The number of nitriles is 1. The predicted molar refractivity (Wildman–Crippen MR) is 112 cm³/mol. The Morgan fingerprint density at radius 1 is 1.45 bits per heavy atom. The maximum absolute atomic E-state index is 13.0. The Bertz CT molecular complexity index is 998. The van der Waals surface area contributed by atoms with Gasteiger partial charge in [-0.1, -0.05) is 6.58 Å². The number of allylic oxidation sites excluding steroid dienone is 1. The fourth-order valence-corrected chi connectivity index (χ4v) is 3.97. The van der Waals surface area contributed by atoms with E-state index in [1.807, 2.05) is 13.0 Å². The van der Waals surface area contributed by atoms with Gasteiger partial charge in [0.1, 0.15) is 11.6 Å². The smallest absolute Gasteiger partial charge is 0.271 e. The maximum Gasteiger partial charge on any atom is 0.271 e. The topological polar surface area (TPSA) is 97.0 Å². The van der Waals surface area contributed by atoms with Gasteiger partial charge >= 0.3 is 0 Å². The first-order chi connectivity index (χ1) is 14.1. The van der Waals surface area contributed by atoms with Crippen LogP contribution in [0.5, 0.6) is 0 Å². The average molecular weight is 394 g/mol. The van der Waals surface area contributed by atoms with Crippen molar-refractivity contribution in [1.29, 1.82) is 5.26 Å². The molecule has 0 radical (unpaired) electrons. The fourth-order valence-electron chi connectivity index (χ4n) is 3.97. The molecule has 1 N–H and O–H groups in total. The highest BCUT2D eigenvalue weighted by molar-refractivity contribution is 5.94. The summed E-state index contributed by atoms with van der Waals surface area (Å²) >= 11 is 0. The Morgan fingerprint density at radius 3 is 2.86 bits per heavy atom. The Kier molecular flexibility index (Phi) is 6.78. The molecule has 1 saturated carbocycles. The third-order valence-electron chi connectivity index (χ3n) is 5.52. The Labute approximate surface area is 170 Å². The summed E-state index contributed by atoms with van der Waals surface area (Å²) in [4.78, 5) is 29.0. The molecule has 0 aliphatic heterocycles. The average Bonchev–Trinajstić information content (AvgIpc) is 2.76. The second-order valence-corrected chi connectivity index (χ2v) is 7.21. The van der Waals surface area contributed by atoms with Gasteiger partial charge in [0, 0.05) is 36.7 Å². The molecule has 1 aliphatic carbocycles. The number of hydrogen-bond donors (Lipinski definition) is 1. The number of hydrogen-bond acceptors (Lipinski definition) is 6. The molecular weight excluding hydrogens is 368 g/mol. The van der Waals surface area contributed by atoms with Crippen LogP contribution in [0, 0.1) is 17.2 Å².